The molecule has 2 aliphatic heterocycles. The molecule has 0 saturated carbocycles. The molecule has 2 heterocycles. The number of rotatable bonds is 4. The molecule has 2 aromatic rings. The van der Waals surface area contributed by atoms with Gasteiger partial charge in [-0.1, -0.05) is 6.07 Å². The van der Waals surface area contributed by atoms with Crippen molar-refractivity contribution in [3.8, 4) is 0 Å². The van der Waals surface area contributed by atoms with Crippen LogP contribution in [0.25, 0.3) is 0 Å². The van der Waals surface area contributed by atoms with E-state index in [-0.39, 0.29) is 41.3 Å². The van der Waals surface area contributed by atoms with E-state index in [1.807, 2.05) is 32.0 Å². The van der Waals surface area contributed by atoms with Crippen LogP contribution in [0.5, 0.6) is 0 Å². The summed E-state index contributed by atoms with van der Waals surface area (Å²) in [5.41, 5.74) is 3.90. The van der Waals surface area contributed by atoms with Crippen LogP contribution in [0.15, 0.2) is 36.4 Å². The predicted octanol–water partition coefficient (Wildman–Crippen LogP) is 3.34. The van der Waals surface area contributed by atoms with Crippen molar-refractivity contribution >= 4 is 23.6 Å². The van der Waals surface area contributed by atoms with Gasteiger partial charge in [-0.15, -0.1) is 0 Å². The van der Waals surface area contributed by atoms with Gasteiger partial charge in [-0.05, 0) is 82.0 Å². The van der Waals surface area contributed by atoms with Crippen LogP contribution in [0.4, 0.5) is 0 Å². The third-order valence-corrected chi connectivity index (χ3v) is 6.57. The topological polar surface area (TPSA) is 86.8 Å². The first-order valence-corrected chi connectivity index (χ1v) is 11.4. The van der Waals surface area contributed by atoms with Gasteiger partial charge >= 0.3 is 0 Å². The third kappa shape index (κ3) is 4.27. The van der Waals surface area contributed by atoms with Crippen LogP contribution >= 0.6 is 0 Å². The van der Waals surface area contributed by atoms with E-state index in [0.717, 1.165) is 11.1 Å². The van der Waals surface area contributed by atoms with E-state index < -0.39 is 0 Å². The lowest BCUT2D eigenvalue weighted by molar-refractivity contribution is 0.0607. The maximum atomic E-state index is 13.1. The normalized spacial score (nSPS) is 16.4. The Bertz CT molecular complexity index is 1150. The van der Waals surface area contributed by atoms with E-state index in [0.29, 0.717) is 42.6 Å². The first-order valence-electron chi connectivity index (χ1n) is 11.4. The SMILES string of the molecule is Cc1ccc(C(=O)NC2CCN(C(=O)c3ccc4c(c3)C(=O)N(C(C)C)C4=O)CC2)cc1C. The van der Waals surface area contributed by atoms with Gasteiger partial charge in [-0.3, -0.25) is 24.1 Å². The Hall–Kier alpha value is -3.48. The van der Waals surface area contributed by atoms with Crippen LogP contribution in [0.1, 0.15) is 79.2 Å². The van der Waals surface area contributed by atoms with Gasteiger partial charge in [0.1, 0.15) is 0 Å². The number of hydrogen-bond donors (Lipinski definition) is 1. The van der Waals surface area contributed by atoms with Crippen LogP contribution in [-0.4, -0.2) is 58.6 Å². The Labute approximate surface area is 193 Å². The average Bonchev–Trinajstić information content (AvgIpc) is 3.05. The first kappa shape index (κ1) is 22.7. The minimum absolute atomic E-state index is 0.00183. The summed E-state index contributed by atoms with van der Waals surface area (Å²) in [5, 5.41) is 3.08. The number of fused-ring (bicyclic) bond motifs is 1. The van der Waals surface area contributed by atoms with Crippen molar-refractivity contribution in [3.63, 3.8) is 0 Å². The van der Waals surface area contributed by atoms with Crippen molar-refractivity contribution in [2.24, 2.45) is 0 Å². The smallest absolute Gasteiger partial charge is 0.261 e. The number of nitrogens with zero attached hydrogens (tertiary/aromatic N) is 2. The Morgan fingerprint density at radius 2 is 1.52 bits per heavy atom. The molecule has 7 nitrogen and oxygen atoms in total. The minimum atomic E-state index is -0.354. The Morgan fingerprint density at radius 3 is 2.15 bits per heavy atom. The molecule has 0 aromatic heterocycles. The molecule has 1 fully saturated rings. The molecule has 2 aliphatic rings. The number of likely N-dealkylation sites (tertiary alicyclic amines) is 1. The van der Waals surface area contributed by atoms with Crippen LogP contribution in [0.2, 0.25) is 0 Å². The van der Waals surface area contributed by atoms with Crippen molar-refractivity contribution in [2.45, 2.75) is 52.6 Å². The fourth-order valence-corrected chi connectivity index (χ4v) is 4.42. The van der Waals surface area contributed by atoms with Gasteiger partial charge in [0.15, 0.2) is 0 Å². The van der Waals surface area contributed by atoms with Gasteiger partial charge in [-0.25, -0.2) is 0 Å². The monoisotopic (exact) mass is 447 g/mol. The predicted molar refractivity (Wildman–Crippen MR) is 124 cm³/mol. The summed E-state index contributed by atoms with van der Waals surface area (Å²) in [6.07, 6.45) is 1.32. The van der Waals surface area contributed by atoms with E-state index >= 15 is 0 Å². The number of imide groups is 1. The zero-order chi connectivity index (χ0) is 23.9. The summed E-state index contributed by atoms with van der Waals surface area (Å²) < 4.78 is 0. The summed E-state index contributed by atoms with van der Waals surface area (Å²) in [6, 6.07) is 10.2. The van der Waals surface area contributed by atoms with Crippen molar-refractivity contribution in [1.82, 2.24) is 15.1 Å². The van der Waals surface area contributed by atoms with Crippen molar-refractivity contribution < 1.29 is 19.2 Å². The fourth-order valence-electron chi connectivity index (χ4n) is 4.42. The largest absolute Gasteiger partial charge is 0.349 e. The number of aryl methyl sites for hydroxylation is 2. The number of carbonyl (C=O) groups excluding carboxylic acids is 4. The minimum Gasteiger partial charge on any atom is -0.349 e. The molecule has 1 N–H and O–H groups in total. The highest BCUT2D eigenvalue weighted by atomic mass is 16.2. The van der Waals surface area contributed by atoms with Gasteiger partial charge in [0.2, 0.25) is 0 Å². The van der Waals surface area contributed by atoms with E-state index in [4.69, 9.17) is 0 Å². The molecule has 0 bridgehead atoms. The first-order chi connectivity index (χ1) is 15.7. The van der Waals surface area contributed by atoms with E-state index in [1.54, 1.807) is 30.9 Å². The van der Waals surface area contributed by atoms with Crippen LogP contribution in [0.3, 0.4) is 0 Å². The second kappa shape index (κ2) is 8.81. The third-order valence-electron chi connectivity index (χ3n) is 6.57. The molecular weight excluding hydrogens is 418 g/mol. The lowest BCUT2D eigenvalue weighted by atomic mass is 10.0. The standard InChI is InChI=1S/C26H29N3O4/c1-15(2)29-25(32)21-8-7-19(14-22(21)26(29)33)24(31)28-11-9-20(10-12-28)27-23(30)18-6-5-16(3)17(4)13-18/h5-8,13-15,20H,9-12H2,1-4H3,(H,27,30). The lowest BCUT2D eigenvalue weighted by Crippen LogP contribution is -2.46. The summed E-state index contributed by atoms with van der Waals surface area (Å²) >= 11 is 0. The second-order valence-electron chi connectivity index (χ2n) is 9.17. The molecule has 0 spiro atoms. The lowest BCUT2D eigenvalue weighted by Gasteiger charge is -2.32. The van der Waals surface area contributed by atoms with Gasteiger partial charge in [0, 0.05) is 36.3 Å². The number of carbonyl (C=O) groups is 4. The highest BCUT2D eigenvalue weighted by molar-refractivity contribution is 6.22. The van der Waals surface area contributed by atoms with Crippen molar-refractivity contribution in [2.75, 3.05) is 13.1 Å². The molecular formula is C26H29N3O4. The zero-order valence-corrected chi connectivity index (χ0v) is 19.5. The summed E-state index contributed by atoms with van der Waals surface area (Å²) in [5.74, 6) is -0.934. The maximum absolute atomic E-state index is 13.1. The van der Waals surface area contributed by atoms with Gasteiger partial charge in [0.05, 0.1) is 11.1 Å². The molecule has 172 valence electrons. The second-order valence-corrected chi connectivity index (χ2v) is 9.17. The summed E-state index contributed by atoms with van der Waals surface area (Å²) in [7, 11) is 0. The number of amides is 4. The molecule has 0 radical (unpaired) electrons. The molecule has 33 heavy (non-hydrogen) atoms. The van der Waals surface area contributed by atoms with E-state index in [2.05, 4.69) is 5.32 Å². The molecule has 7 heteroatoms. The molecule has 2 aromatic carbocycles. The highest BCUT2D eigenvalue weighted by Crippen LogP contribution is 2.26. The Balaban J connectivity index is 1.38. The number of nitrogens with one attached hydrogen (secondary N) is 1. The molecule has 0 atom stereocenters. The average molecular weight is 448 g/mol. The van der Waals surface area contributed by atoms with Crippen LogP contribution in [-0.2, 0) is 0 Å². The van der Waals surface area contributed by atoms with E-state index in [1.165, 1.54) is 11.0 Å². The van der Waals surface area contributed by atoms with Crippen LogP contribution < -0.4 is 5.32 Å². The quantitative estimate of drug-likeness (QED) is 0.729. The Morgan fingerprint density at radius 1 is 0.879 bits per heavy atom. The van der Waals surface area contributed by atoms with Gasteiger partial charge in [0.25, 0.3) is 23.6 Å². The highest BCUT2D eigenvalue weighted by Gasteiger charge is 2.38. The van der Waals surface area contributed by atoms with E-state index in [9.17, 15) is 19.2 Å². The number of piperidine rings is 1. The molecule has 1 saturated heterocycles. The molecule has 0 unspecified atom stereocenters. The van der Waals surface area contributed by atoms with Gasteiger partial charge in [-0.2, -0.15) is 0 Å². The molecule has 4 amide bonds. The van der Waals surface area contributed by atoms with Crippen LogP contribution in [0, 0.1) is 13.8 Å². The molecule has 0 aliphatic carbocycles. The number of benzene rings is 2. The van der Waals surface area contributed by atoms with Crippen molar-refractivity contribution in [3.05, 3.63) is 69.8 Å². The van der Waals surface area contributed by atoms with Crippen molar-refractivity contribution in [1.29, 1.82) is 0 Å². The maximum Gasteiger partial charge on any atom is 0.261 e. The fraction of sp³-hybridized carbons (Fsp3) is 0.385. The van der Waals surface area contributed by atoms with Gasteiger partial charge < -0.3 is 10.2 Å². The Kier molecular flexibility index (Phi) is 6.06. The zero-order valence-electron chi connectivity index (χ0n) is 19.5. The molecule has 4 rings (SSSR count). The number of hydrogen-bond acceptors (Lipinski definition) is 4. The summed E-state index contributed by atoms with van der Waals surface area (Å²) in [6.45, 7) is 8.60. The summed E-state index contributed by atoms with van der Waals surface area (Å²) in [4.78, 5) is 53.7.